The SMILES string of the molecule is COc1cc(CBr)cc2c(Br)c(OCc3ccccc3)ccc12. The number of alkyl halides is 1. The molecule has 0 fully saturated rings. The molecule has 3 rings (SSSR count). The van der Waals surface area contributed by atoms with Gasteiger partial charge in [0.2, 0.25) is 0 Å². The zero-order valence-corrected chi connectivity index (χ0v) is 15.9. The van der Waals surface area contributed by atoms with Crippen LogP contribution in [0.5, 0.6) is 11.5 Å². The Morgan fingerprint density at radius 3 is 2.35 bits per heavy atom. The lowest BCUT2D eigenvalue weighted by Crippen LogP contribution is -1.96. The molecule has 0 radical (unpaired) electrons. The van der Waals surface area contributed by atoms with Gasteiger partial charge >= 0.3 is 0 Å². The Morgan fingerprint density at radius 2 is 1.65 bits per heavy atom. The van der Waals surface area contributed by atoms with Crippen LogP contribution in [0.15, 0.2) is 59.1 Å². The molecule has 0 unspecified atom stereocenters. The fraction of sp³-hybridized carbons (Fsp3) is 0.158. The number of hydrogen-bond donors (Lipinski definition) is 0. The quantitative estimate of drug-likeness (QED) is 0.451. The predicted molar refractivity (Wildman–Crippen MR) is 102 cm³/mol. The van der Waals surface area contributed by atoms with Crippen molar-refractivity contribution in [2.75, 3.05) is 7.11 Å². The molecular formula is C19H16Br2O2. The molecule has 0 aromatic heterocycles. The predicted octanol–water partition coefficient (Wildman–Crippen LogP) is 6.08. The van der Waals surface area contributed by atoms with E-state index in [2.05, 4.69) is 50.1 Å². The summed E-state index contributed by atoms with van der Waals surface area (Å²) in [5.74, 6) is 1.70. The maximum atomic E-state index is 5.98. The van der Waals surface area contributed by atoms with Crippen LogP contribution in [0.4, 0.5) is 0 Å². The molecule has 3 aromatic rings. The van der Waals surface area contributed by atoms with E-state index in [4.69, 9.17) is 9.47 Å². The molecule has 0 saturated carbocycles. The highest BCUT2D eigenvalue weighted by Gasteiger charge is 2.11. The van der Waals surface area contributed by atoms with Gasteiger partial charge in [-0.25, -0.2) is 0 Å². The van der Waals surface area contributed by atoms with Crippen LogP contribution in [-0.2, 0) is 11.9 Å². The van der Waals surface area contributed by atoms with Crippen molar-refractivity contribution in [2.45, 2.75) is 11.9 Å². The summed E-state index contributed by atoms with van der Waals surface area (Å²) in [6.45, 7) is 0.542. The van der Waals surface area contributed by atoms with E-state index < -0.39 is 0 Å². The third-order valence-electron chi connectivity index (χ3n) is 3.67. The summed E-state index contributed by atoms with van der Waals surface area (Å²) >= 11 is 7.20. The van der Waals surface area contributed by atoms with Gasteiger partial charge in [-0.3, -0.25) is 0 Å². The largest absolute Gasteiger partial charge is 0.496 e. The summed E-state index contributed by atoms with van der Waals surface area (Å²) in [6.07, 6.45) is 0. The van der Waals surface area contributed by atoms with Crippen LogP contribution in [0.3, 0.4) is 0 Å². The molecule has 0 saturated heterocycles. The highest BCUT2D eigenvalue weighted by molar-refractivity contribution is 9.10. The first-order valence-electron chi connectivity index (χ1n) is 7.24. The molecule has 0 aliphatic rings. The van der Waals surface area contributed by atoms with E-state index in [0.29, 0.717) is 6.61 Å². The molecule has 3 aromatic carbocycles. The van der Waals surface area contributed by atoms with E-state index in [1.165, 1.54) is 0 Å². The van der Waals surface area contributed by atoms with Crippen molar-refractivity contribution in [3.8, 4) is 11.5 Å². The smallest absolute Gasteiger partial charge is 0.134 e. The topological polar surface area (TPSA) is 18.5 Å². The second-order valence-corrected chi connectivity index (χ2v) is 6.53. The third kappa shape index (κ3) is 3.54. The minimum Gasteiger partial charge on any atom is -0.496 e. The zero-order valence-electron chi connectivity index (χ0n) is 12.7. The van der Waals surface area contributed by atoms with Crippen molar-refractivity contribution in [1.82, 2.24) is 0 Å². The van der Waals surface area contributed by atoms with E-state index in [1.54, 1.807) is 7.11 Å². The fourth-order valence-corrected chi connectivity index (χ4v) is 3.39. The lowest BCUT2D eigenvalue weighted by Gasteiger charge is -2.13. The van der Waals surface area contributed by atoms with Crippen molar-refractivity contribution in [3.63, 3.8) is 0 Å². The van der Waals surface area contributed by atoms with Gasteiger partial charge in [0.05, 0.1) is 11.6 Å². The number of ether oxygens (including phenoxy) is 2. The van der Waals surface area contributed by atoms with Gasteiger partial charge in [-0.1, -0.05) is 46.3 Å². The minimum atomic E-state index is 0.542. The van der Waals surface area contributed by atoms with Crippen molar-refractivity contribution in [1.29, 1.82) is 0 Å². The molecule has 23 heavy (non-hydrogen) atoms. The number of rotatable bonds is 5. The number of hydrogen-bond acceptors (Lipinski definition) is 2. The lowest BCUT2D eigenvalue weighted by molar-refractivity contribution is 0.305. The Labute approximate surface area is 152 Å². The van der Waals surface area contributed by atoms with Crippen LogP contribution in [-0.4, -0.2) is 7.11 Å². The average molecular weight is 436 g/mol. The van der Waals surface area contributed by atoms with Gasteiger partial charge in [-0.15, -0.1) is 0 Å². The molecule has 0 heterocycles. The van der Waals surface area contributed by atoms with Crippen molar-refractivity contribution < 1.29 is 9.47 Å². The number of fused-ring (bicyclic) bond motifs is 1. The van der Waals surface area contributed by atoms with Crippen LogP contribution >= 0.6 is 31.9 Å². The van der Waals surface area contributed by atoms with E-state index >= 15 is 0 Å². The number of halogens is 2. The number of methoxy groups -OCH3 is 1. The van der Waals surface area contributed by atoms with E-state index in [0.717, 1.165) is 43.2 Å². The lowest BCUT2D eigenvalue weighted by atomic mass is 10.1. The maximum Gasteiger partial charge on any atom is 0.134 e. The molecule has 118 valence electrons. The van der Waals surface area contributed by atoms with Crippen LogP contribution in [0.25, 0.3) is 10.8 Å². The highest BCUT2D eigenvalue weighted by atomic mass is 79.9. The second kappa shape index (κ2) is 7.37. The first-order chi connectivity index (χ1) is 11.2. The maximum absolute atomic E-state index is 5.98. The summed E-state index contributed by atoms with van der Waals surface area (Å²) < 4.78 is 12.4. The highest BCUT2D eigenvalue weighted by Crippen LogP contribution is 2.38. The molecule has 0 atom stereocenters. The Morgan fingerprint density at radius 1 is 0.870 bits per heavy atom. The van der Waals surface area contributed by atoms with E-state index in [1.807, 2.05) is 36.4 Å². The summed E-state index contributed by atoms with van der Waals surface area (Å²) in [4.78, 5) is 0. The molecule has 0 bridgehead atoms. The van der Waals surface area contributed by atoms with Gasteiger partial charge < -0.3 is 9.47 Å². The molecule has 0 aliphatic carbocycles. The van der Waals surface area contributed by atoms with Gasteiger partial charge in [-0.2, -0.15) is 0 Å². The summed E-state index contributed by atoms with van der Waals surface area (Å²) in [5, 5.41) is 2.93. The molecule has 0 amide bonds. The van der Waals surface area contributed by atoms with Crippen molar-refractivity contribution in [2.24, 2.45) is 0 Å². The fourth-order valence-electron chi connectivity index (χ4n) is 2.49. The average Bonchev–Trinajstić information content (AvgIpc) is 2.61. The van der Waals surface area contributed by atoms with Crippen LogP contribution < -0.4 is 9.47 Å². The van der Waals surface area contributed by atoms with Gasteiger partial charge in [-0.05, 0) is 51.3 Å². The van der Waals surface area contributed by atoms with Gasteiger partial charge in [0.15, 0.2) is 0 Å². The summed E-state index contributed by atoms with van der Waals surface area (Å²) in [7, 11) is 1.69. The van der Waals surface area contributed by atoms with Crippen LogP contribution in [0.1, 0.15) is 11.1 Å². The third-order valence-corrected chi connectivity index (χ3v) is 5.13. The van der Waals surface area contributed by atoms with Crippen LogP contribution in [0.2, 0.25) is 0 Å². The standard InChI is InChI=1S/C19H16Br2O2/c1-22-18-10-14(11-20)9-16-15(18)7-8-17(19(16)21)23-12-13-5-3-2-4-6-13/h2-10H,11-12H2,1H3. The zero-order chi connectivity index (χ0) is 16.2. The monoisotopic (exact) mass is 434 g/mol. The minimum absolute atomic E-state index is 0.542. The Hall–Kier alpha value is -1.52. The molecule has 4 heteroatoms. The van der Waals surface area contributed by atoms with Crippen molar-refractivity contribution >= 4 is 42.6 Å². The van der Waals surface area contributed by atoms with Gasteiger partial charge in [0, 0.05) is 16.1 Å². The van der Waals surface area contributed by atoms with E-state index in [9.17, 15) is 0 Å². The van der Waals surface area contributed by atoms with E-state index in [-0.39, 0.29) is 0 Å². The van der Waals surface area contributed by atoms with Crippen LogP contribution in [0, 0.1) is 0 Å². The van der Waals surface area contributed by atoms with Gasteiger partial charge in [0.25, 0.3) is 0 Å². The molecule has 0 spiro atoms. The first kappa shape index (κ1) is 16.3. The Balaban J connectivity index is 1.97. The normalized spacial score (nSPS) is 10.7. The molecule has 0 N–H and O–H groups in total. The summed E-state index contributed by atoms with van der Waals surface area (Å²) in [6, 6.07) is 18.4. The van der Waals surface area contributed by atoms with Crippen molar-refractivity contribution in [3.05, 3.63) is 70.2 Å². The first-order valence-corrected chi connectivity index (χ1v) is 9.16. The number of benzene rings is 3. The molecule has 0 aliphatic heterocycles. The van der Waals surface area contributed by atoms with Gasteiger partial charge in [0.1, 0.15) is 18.1 Å². The molecular weight excluding hydrogens is 420 g/mol. The summed E-state index contributed by atoms with van der Waals surface area (Å²) in [5.41, 5.74) is 2.31. The molecule has 2 nitrogen and oxygen atoms in total. The second-order valence-electron chi connectivity index (χ2n) is 5.18. The Bertz CT molecular complexity index is 816. The Kier molecular flexibility index (Phi) is 5.23.